The Morgan fingerprint density at radius 3 is 2.59 bits per heavy atom. The Kier molecular flexibility index (Phi) is 6.82. The van der Waals surface area contributed by atoms with Gasteiger partial charge in [0.2, 0.25) is 0 Å². The fourth-order valence-electron chi connectivity index (χ4n) is 3.23. The number of carbonyl (C=O) groups excluding carboxylic acids is 1. The van der Waals surface area contributed by atoms with Crippen molar-refractivity contribution >= 4 is 17.7 Å². The largest absolute Gasteiger partial charge is 0.459 e. The molecule has 1 saturated heterocycles. The molecule has 0 N–H and O–H groups in total. The zero-order chi connectivity index (χ0) is 19.2. The van der Waals surface area contributed by atoms with Gasteiger partial charge >= 0.3 is 5.97 Å². The van der Waals surface area contributed by atoms with Crippen LogP contribution in [0.4, 0.5) is 0 Å². The van der Waals surface area contributed by atoms with E-state index in [2.05, 4.69) is 35.9 Å². The van der Waals surface area contributed by atoms with E-state index in [0.29, 0.717) is 16.8 Å². The molecule has 1 aliphatic rings. The number of hydrogen-bond acceptors (Lipinski definition) is 7. The van der Waals surface area contributed by atoms with Crippen molar-refractivity contribution in [2.24, 2.45) is 5.92 Å². The highest BCUT2D eigenvalue weighted by molar-refractivity contribution is 7.99. The van der Waals surface area contributed by atoms with Crippen LogP contribution in [0.15, 0.2) is 53.9 Å². The summed E-state index contributed by atoms with van der Waals surface area (Å²) in [6, 6.07) is 11.1. The van der Waals surface area contributed by atoms with Crippen LogP contribution < -0.4 is 0 Å². The summed E-state index contributed by atoms with van der Waals surface area (Å²) in [5.74, 6) is -0.0373. The molecule has 1 aliphatic heterocycles. The summed E-state index contributed by atoms with van der Waals surface area (Å²) in [5.41, 5.74) is 0.448. The van der Waals surface area contributed by atoms with Crippen LogP contribution in [0, 0.1) is 5.92 Å². The van der Waals surface area contributed by atoms with Gasteiger partial charge in [0.15, 0.2) is 5.16 Å². The Hall–Kier alpha value is -1.96. The Morgan fingerprint density at radius 1 is 1.22 bits per heavy atom. The van der Waals surface area contributed by atoms with Crippen LogP contribution in [0.5, 0.6) is 0 Å². The van der Waals surface area contributed by atoms with Gasteiger partial charge < -0.3 is 14.4 Å². The fraction of sp³-hybridized carbons (Fsp3) is 0.450. The number of rotatable bonds is 6. The van der Waals surface area contributed by atoms with E-state index >= 15 is 0 Å². The lowest BCUT2D eigenvalue weighted by Crippen LogP contribution is -2.49. The third-order valence-corrected chi connectivity index (χ3v) is 5.90. The van der Waals surface area contributed by atoms with Crippen LogP contribution in [-0.4, -0.2) is 59.1 Å². The first-order chi connectivity index (χ1) is 13.0. The number of hydrogen-bond donors (Lipinski definition) is 0. The van der Waals surface area contributed by atoms with Gasteiger partial charge in [-0.15, -0.1) is 0 Å². The highest BCUT2D eigenvalue weighted by Gasteiger charge is 2.38. The monoisotopic (exact) mass is 387 g/mol. The quantitative estimate of drug-likeness (QED) is 0.557. The van der Waals surface area contributed by atoms with E-state index in [4.69, 9.17) is 9.47 Å². The number of ether oxygens (including phenoxy) is 2. The number of benzene rings is 1. The number of nitrogens with zero attached hydrogens (tertiary/aromatic N) is 3. The van der Waals surface area contributed by atoms with E-state index in [-0.39, 0.29) is 30.0 Å². The molecule has 3 rings (SSSR count). The second-order valence-corrected chi connectivity index (χ2v) is 7.93. The number of esters is 1. The maximum Gasteiger partial charge on any atom is 0.338 e. The third kappa shape index (κ3) is 5.28. The van der Waals surface area contributed by atoms with Crippen molar-refractivity contribution in [3.63, 3.8) is 0 Å². The van der Waals surface area contributed by atoms with Crippen LogP contribution in [0.2, 0.25) is 0 Å². The minimum Gasteiger partial charge on any atom is -0.459 e. The van der Waals surface area contributed by atoms with Crippen molar-refractivity contribution in [1.82, 2.24) is 14.9 Å². The van der Waals surface area contributed by atoms with Crippen LogP contribution in [-0.2, 0) is 9.47 Å². The number of carbonyl (C=O) groups is 1. The third-order valence-electron chi connectivity index (χ3n) is 4.70. The average Bonchev–Trinajstić information content (AvgIpc) is 2.69. The molecule has 0 spiro atoms. The minimum absolute atomic E-state index is 0.103. The highest BCUT2D eigenvalue weighted by atomic mass is 32.2. The smallest absolute Gasteiger partial charge is 0.338 e. The Labute approximate surface area is 164 Å². The average molecular weight is 388 g/mol. The second kappa shape index (κ2) is 9.30. The molecule has 6 nitrogen and oxygen atoms in total. The molecule has 0 amide bonds. The molecular formula is C20H25N3O3S. The first-order valence-electron chi connectivity index (χ1n) is 9.02. The van der Waals surface area contributed by atoms with Crippen LogP contribution in [0.1, 0.15) is 23.7 Å². The summed E-state index contributed by atoms with van der Waals surface area (Å²) < 4.78 is 11.8. The van der Waals surface area contributed by atoms with E-state index in [1.807, 2.05) is 18.2 Å². The zero-order valence-corrected chi connectivity index (χ0v) is 16.6. The van der Waals surface area contributed by atoms with Crippen molar-refractivity contribution in [3.8, 4) is 0 Å². The number of aromatic nitrogens is 2. The molecule has 0 bridgehead atoms. The predicted octanol–water partition coefficient (Wildman–Crippen LogP) is 3.11. The van der Waals surface area contributed by atoms with Gasteiger partial charge in [-0.25, -0.2) is 14.8 Å². The van der Waals surface area contributed by atoms with Crippen molar-refractivity contribution in [3.05, 3.63) is 54.4 Å². The Morgan fingerprint density at radius 2 is 1.93 bits per heavy atom. The summed E-state index contributed by atoms with van der Waals surface area (Å²) in [6.45, 7) is 2.41. The summed E-state index contributed by atoms with van der Waals surface area (Å²) >= 11 is 1.52. The summed E-state index contributed by atoms with van der Waals surface area (Å²) in [7, 11) is 4.14. The van der Waals surface area contributed by atoms with E-state index in [0.717, 1.165) is 6.42 Å². The van der Waals surface area contributed by atoms with Gasteiger partial charge in [0.05, 0.1) is 11.7 Å². The van der Waals surface area contributed by atoms with E-state index in [1.165, 1.54) is 11.8 Å². The summed E-state index contributed by atoms with van der Waals surface area (Å²) in [5, 5.41) is 0.689. The van der Waals surface area contributed by atoms with E-state index in [1.54, 1.807) is 30.6 Å². The standard InChI is InChI=1S/C20H25N3O3S/c1-14-17(23(2)3)12-16(13-25-18(24)15-8-5-4-6-9-15)26-19(14)27-20-21-10-7-11-22-20/h4-11,14,16-17,19H,12-13H2,1-3H3/t14-,16+,17+,19?/m1/s1. The van der Waals surface area contributed by atoms with Crippen molar-refractivity contribution in [1.29, 1.82) is 0 Å². The van der Waals surface area contributed by atoms with Crippen molar-refractivity contribution in [2.75, 3.05) is 20.7 Å². The van der Waals surface area contributed by atoms with Gasteiger partial charge in [0.25, 0.3) is 0 Å². The SMILES string of the molecule is C[C@H]1C(Sc2ncccn2)O[C@H](COC(=O)c2ccccc2)C[C@@H]1N(C)C. The topological polar surface area (TPSA) is 64.6 Å². The Bertz CT molecular complexity index is 730. The van der Waals surface area contributed by atoms with Crippen molar-refractivity contribution < 1.29 is 14.3 Å². The molecule has 1 unspecified atom stereocenters. The molecule has 2 aromatic rings. The molecule has 1 aromatic carbocycles. The molecule has 27 heavy (non-hydrogen) atoms. The highest BCUT2D eigenvalue weighted by Crippen LogP contribution is 2.36. The molecule has 2 heterocycles. The Balaban J connectivity index is 1.64. The van der Waals surface area contributed by atoms with Gasteiger partial charge in [-0.05, 0) is 38.7 Å². The minimum atomic E-state index is -0.324. The molecular weight excluding hydrogens is 362 g/mol. The summed E-state index contributed by atoms with van der Waals surface area (Å²) in [6.07, 6.45) is 4.10. The molecule has 0 aliphatic carbocycles. The zero-order valence-electron chi connectivity index (χ0n) is 15.8. The molecule has 4 atom stereocenters. The van der Waals surface area contributed by atoms with Gasteiger partial charge in [0.1, 0.15) is 12.0 Å². The molecule has 1 aromatic heterocycles. The summed E-state index contributed by atoms with van der Waals surface area (Å²) in [4.78, 5) is 23.0. The molecule has 7 heteroatoms. The maximum atomic E-state index is 12.2. The van der Waals surface area contributed by atoms with Gasteiger partial charge in [-0.2, -0.15) is 0 Å². The van der Waals surface area contributed by atoms with Crippen molar-refractivity contribution in [2.45, 2.75) is 36.1 Å². The van der Waals surface area contributed by atoms with E-state index < -0.39 is 0 Å². The van der Waals surface area contributed by atoms with Gasteiger partial charge in [0, 0.05) is 24.4 Å². The molecule has 0 radical (unpaired) electrons. The van der Waals surface area contributed by atoms with Crippen LogP contribution in [0.25, 0.3) is 0 Å². The molecule has 1 fully saturated rings. The lowest BCUT2D eigenvalue weighted by Gasteiger charge is -2.42. The first-order valence-corrected chi connectivity index (χ1v) is 9.90. The fourth-order valence-corrected chi connectivity index (χ4v) is 4.29. The van der Waals surface area contributed by atoms with Crippen LogP contribution in [0.3, 0.4) is 0 Å². The second-order valence-electron chi connectivity index (χ2n) is 6.87. The van der Waals surface area contributed by atoms with Gasteiger partial charge in [-0.1, -0.05) is 36.9 Å². The van der Waals surface area contributed by atoms with E-state index in [9.17, 15) is 4.79 Å². The lowest BCUT2D eigenvalue weighted by molar-refractivity contribution is -0.0897. The van der Waals surface area contributed by atoms with Crippen LogP contribution >= 0.6 is 11.8 Å². The maximum absolute atomic E-state index is 12.2. The predicted molar refractivity (Wildman–Crippen MR) is 105 cm³/mol. The normalized spacial score (nSPS) is 25.3. The molecule has 0 saturated carbocycles. The molecule has 144 valence electrons. The number of thioether (sulfide) groups is 1. The van der Waals surface area contributed by atoms with Gasteiger partial charge in [-0.3, -0.25) is 0 Å². The first kappa shape index (κ1) is 19.8. The lowest BCUT2D eigenvalue weighted by atomic mass is 9.93.